The Kier molecular flexibility index (Phi) is 4.20. The van der Waals surface area contributed by atoms with Crippen LogP contribution in [0.5, 0.6) is 0 Å². The van der Waals surface area contributed by atoms with Crippen LogP contribution in [0.3, 0.4) is 0 Å². The molecule has 0 spiro atoms. The van der Waals surface area contributed by atoms with Crippen molar-refractivity contribution in [2.24, 2.45) is 4.99 Å². The summed E-state index contributed by atoms with van der Waals surface area (Å²) in [7, 11) is 0. The van der Waals surface area contributed by atoms with E-state index in [1.165, 1.54) is 0 Å². The lowest BCUT2D eigenvalue weighted by molar-refractivity contribution is 0.0267. The minimum absolute atomic E-state index is 0.158. The Morgan fingerprint density at radius 1 is 1.44 bits per heavy atom. The van der Waals surface area contributed by atoms with Crippen LogP contribution in [-0.4, -0.2) is 46.5 Å². The largest absolute Gasteiger partial charge is 0.444 e. The second-order valence-electron chi connectivity index (χ2n) is 5.75. The maximum absolute atomic E-state index is 12.2. The summed E-state index contributed by atoms with van der Waals surface area (Å²) in [6.45, 7) is 7.41. The van der Waals surface area contributed by atoms with Gasteiger partial charge in [-0.25, -0.2) is 4.79 Å². The van der Waals surface area contributed by atoms with Gasteiger partial charge in [-0.2, -0.15) is 0 Å². The molecular weight excluding hydrogens is 248 g/mol. The predicted octanol–water partition coefficient (Wildman–Crippen LogP) is 2.92. The molecule has 5 heteroatoms. The number of amides is 1. The average Bonchev–Trinajstić information content (AvgIpc) is 2.76. The molecule has 1 atom stereocenters. The first-order chi connectivity index (χ1) is 8.47. The Morgan fingerprint density at radius 3 is 2.83 bits per heavy atom. The third-order valence-electron chi connectivity index (χ3n) is 2.99. The van der Waals surface area contributed by atoms with E-state index < -0.39 is 5.60 Å². The molecule has 1 fully saturated rings. The topological polar surface area (TPSA) is 41.9 Å². The molecule has 18 heavy (non-hydrogen) atoms. The van der Waals surface area contributed by atoms with Crippen LogP contribution in [0.25, 0.3) is 0 Å². The van der Waals surface area contributed by atoms with E-state index in [1.807, 2.05) is 25.7 Å². The van der Waals surface area contributed by atoms with E-state index in [0.717, 1.165) is 43.1 Å². The number of carbonyl (C=O) groups is 1. The minimum atomic E-state index is -0.425. The third kappa shape index (κ3) is 3.40. The number of rotatable bonds is 1. The smallest absolute Gasteiger partial charge is 0.410 e. The number of hydrogen-bond donors (Lipinski definition) is 0. The van der Waals surface area contributed by atoms with Crippen molar-refractivity contribution in [2.45, 2.75) is 51.7 Å². The molecule has 0 radical (unpaired) electrons. The Labute approximate surface area is 113 Å². The van der Waals surface area contributed by atoms with Crippen LogP contribution in [0, 0.1) is 0 Å². The van der Waals surface area contributed by atoms with Crippen LogP contribution in [0.4, 0.5) is 4.79 Å². The minimum Gasteiger partial charge on any atom is -0.444 e. The van der Waals surface area contributed by atoms with Crippen molar-refractivity contribution in [3.63, 3.8) is 0 Å². The van der Waals surface area contributed by atoms with Crippen molar-refractivity contribution in [3.8, 4) is 0 Å². The molecule has 0 aliphatic carbocycles. The Hall–Kier alpha value is -0.710. The Bertz CT molecular complexity index is 349. The van der Waals surface area contributed by atoms with Crippen LogP contribution >= 0.6 is 11.8 Å². The van der Waals surface area contributed by atoms with Crippen LogP contribution in [0.1, 0.15) is 40.0 Å². The van der Waals surface area contributed by atoms with Gasteiger partial charge in [0.25, 0.3) is 0 Å². The lowest BCUT2D eigenvalue weighted by Crippen LogP contribution is -2.43. The number of likely N-dealkylation sites (tertiary alicyclic amines) is 1. The van der Waals surface area contributed by atoms with Gasteiger partial charge in [-0.15, -0.1) is 11.8 Å². The van der Waals surface area contributed by atoms with E-state index in [9.17, 15) is 4.79 Å². The van der Waals surface area contributed by atoms with Crippen LogP contribution in [0.15, 0.2) is 4.99 Å². The molecule has 0 aromatic heterocycles. The highest BCUT2D eigenvalue weighted by Crippen LogP contribution is 2.27. The van der Waals surface area contributed by atoms with Gasteiger partial charge in [0.1, 0.15) is 5.60 Å². The number of thioether (sulfide) groups is 1. The fourth-order valence-corrected chi connectivity index (χ4v) is 3.34. The summed E-state index contributed by atoms with van der Waals surface area (Å²) in [4.78, 5) is 18.6. The van der Waals surface area contributed by atoms with E-state index in [0.29, 0.717) is 0 Å². The summed E-state index contributed by atoms with van der Waals surface area (Å²) in [5.41, 5.74) is -0.425. The van der Waals surface area contributed by atoms with E-state index >= 15 is 0 Å². The van der Waals surface area contributed by atoms with E-state index in [4.69, 9.17) is 4.74 Å². The highest BCUT2D eigenvalue weighted by Gasteiger charge is 2.35. The highest BCUT2D eigenvalue weighted by atomic mass is 32.2. The zero-order chi connectivity index (χ0) is 13.2. The molecule has 2 heterocycles. The predicted molar refractivity (Wildman–Crippen MR) is 75.3 cm³/mol. The van der Waals surface area contributed by atoms with E-state index in [2.05, 4.69) is 4.99 Å². The molecular formula is C13H22N2O2S. The Balaban J connectivity index is 2.03. The SMILES string of the molecule is CC(C)(C)OC(=O)N1CCCC1C1=NCCCS1. The molecule has 0 bridgehead atoms. The van der Waals surface area contributed by atoms with Gasteiger partial charge in [-0.1, -0.05) is 0 Å². The number of carbonyl (C=O) groups excluding carboxylic acids is 1. The maximum Gasteiger partial charge on any atom is 0.410 e. The van der Waals surface area contributed by atoms with E-state index in [1.54, 1.807) is 11.8 Å². The molecule has 102 valence electrons. The van der Waals surface area contributed by atoms with Crippen molar-refractivity contribution in [3.05, 3.63) is 0 Å². The standard InChI is InChI=1S/C13H22N2O2S/c1-13(2,3)17-12(16)15-8-4-6-10(15)11-14-7-5-9-18-11/h10H,4-9H2,1-3H3. The van der Waals surface area contributed by atoms with Gasteiger partial charge in [0.15, 0.2) is 0 Å². The molecule has 0 N–H and O–H groups in total. The van der Waals surface area contributed by atoms with Crippen LogP contribution in [-0.2, 0) is 4.74 Å². The molecule has 2 rings (SSSR count). The summed E-state index contributed by atoms with van der Waals surface area (Å²) >= 11 is 1.80. The van der Waals surface area contributed by atoms with Gasteiger partial charge in [-0.05, 0) is 40.0 Å². The first-order valence-corrected chi connectivity index (χ1v) is 7.63. The van der Waals surface area contributed by atoms with Gasteiger partial charge < -0.3 is 4.74 Å². The molecule has 0 saturated carbocycles. The lowest BCUT2D eigenvalue weighted by Gasteiger charge is -2.29. The van der Waals surface area contributed by atoms with Crippen molar-refractivity contribution in [2.75, 3.05) is 18.8 Å². The molecule has 2 aliphatic heterocycles. The average molecular weight is 270 g/mol. The summed E-state index contributed by atoms with van der Waals surface area (Å²) in [6, 6.07) is 0.158. The summed E-state index contributed by atoms with van der Waals surface area (Å²) < 4.78 is 5.47. The molecule has 1 amide bonds. The molecule has 1 saturated heterocycles. The first kappa shape index (κ1) is 13.7. The van der Waals surface area contributed by atoms with Crippen LogP contribution < -0.4 is 0 Å². The number of ether oxygens (including phenoxy) is 1. The zero-order valence-corrected chi connectivity index (χ0v) is 12.3. The van der Waals surface area contributed by atoms with Crippen molar-refractivity contribution in [1.82, 2.24) is 4.90 Å². The quantitative estimate of drug-likeness (QED) is 0.735. The summed E-state index contributed by atoms with van der Waals surface area (Å²) in [5, 5.41) is 1.13. The van der Waals surface area contributed by atoms with Crippen molar-refractivity contribution < 1.29 is 9.53 Å². The number of hydrogen-bond acceptors (Lipinski definition) is 4. The highest BCUT2D eigenvalue weighted by molar-refractivity contribution is 8.14. The normalized spacial score (nSPS) is 24.9. The molecule has 1 unspecified atom stereocenters. The Morgan fingerprint density at radius 2 is 2.22 bits per heavy atom. The van der Waals surface area contributed by atoms with Crippen molar-refractivity contribution >= 4 is 22.9 Å². The second kappa shape index (κ2) is 5.51. The molecule has 0 aromatic carbocycles. The van der Waals surface area contributed by atoms with Gasteiger partial charge in [0, 0.05) is 18.8 Å². The maximum atomic E-state index is 12.2. The fraction of sp³-hybridized carbons (Fsp3) is 0.846. The van der Waals surface area contributed by atoms with Crippen molar-refractivity contribution in [1.29, 1.82) is 0 Å². The lowest BCUT2D eigenvalue weighted by atomic mass is 10.2. The van der Waals surface area contributed by atoms with Gasteiger partial charge in [0.05, 0.1) is 11.1 Å². The summed E-state index contributed by atoms with van der Waals surface area (Å²) in [5.74, 6) is 1.12. The monoisotopic (exact) mass is 270 g/mol. The molecule has 2 aliphatic rings. The van der Waals surface area contributed by atoms with Gasteiger partial charge in [0.2, 0.25) is 0 Å². The second-order valence-corrected chi connectivity index (χ2v) is 6.87. The zero-order valence-electron chi connectivity index (χ0n) is 11.4. The van der Waals surface area contributed by atoms with Gasteiger partial charge >= 0.3 is 6.09 Å². The molecule has 4 nitrogen and oxygen atoms in total. The fourth-order valence-electron chi connectivity index (χ4n) is 2.24. The first-order valence-electron chi connectivity index (χ1n) is 6.64. The summed E-state index contributed by atoms with van der Waals surface area (Å²) in [6.07, 6.45) is 3.01. The molecule has 0 aromatic rings. The number of nitrogens with zero attached hydrogens (tertiary/aromatic N) is 2. The van der Waals surface area contributed by atoms with E-state index in [-0.39, 0.29) is 12.1 Å². The van der Waals surface area contributed by atoms with Gasteiger partial charge in [-0.3, -0.25) is 9.89 Å². The number of aliphatic imine (C=N–C) groups is 1. The van der Waals surface area contributed by atoms with Crippen LogP contribution in [0.2, 0.25) is 0 Å². The third-order valence-corrected chi connectivity index (χ3v) is 4.18.